The average Bonchev–Trinajstić information content (AvgIpc) is 2.81. The molecule has 1 N–H and O–H groups in total. The number of aromatic hydroxyl groups is 1. The molecule has 1 aliphatic heterocycles. The number of Topliss-reactive ketones (excluding diaryl/α,β-unsaturated/α-hetero) is 1. The van der Waals surface area contributed by atoms with Crippen LogP contribution in [0, 0.1) is 6.92 Å². The average molecular weight is 282 g/mol. The Morgan fingerprint density at radius 2 is 1.86 bits per heavy atom. The van der Waals surface area contributed by atoms with Crippen molar-refractivity contribution in [2.24, 2.45) is 0 Å². The first-order valence-electron chi connectivity index (χ1n) is 6.51. The van der Waals surface area contributed by atoms with Crippen molar-refractivity contribution in [2.75, 3.05) is 7.11 Å². The van der Waals surface area contributed by atoms with E-state index in [4.69, 9.17) is 9.47 Å². The minimum absolute atomic E-state index is 0.118. The van der Waals surface area contributed by atoms with E-state index in [2.05, 4.69) is 0 Å². The van der Waals surface area contributed by atoms with Crippen molar-refractivity contribution >= 4 is 11.9 Å². The van der Waals surface area contributed by atoms with Gasteiger partial charge in [0.1, 0.15) is 17.2 Å². The van der Waals surface area contributed by atoms with Crippen LogP contribution in [0.1, 0.15) is 21.5 Å². The maximum atomic E-state index is 12.3. The van der Waals surface area contributed by atoms with Gasteiger partial charge in [-0.15, -0.1) is 0 Å². The third-order valence-corrected chi connectivity index (χ3v) is 3.47. The van der Waals surface area contributed by atoms with E-state index in [0.29, 0.717) is 16.9 Å². The van der Waals surface area contributed by atoms with Crippen LogP contribution in [0.15, 0.2) is 42.2 Å². The van der Waals surface area contributed by atoms with Gasteiger partial charge in [-0.3, -0.25) is 4.79 Å². The molecule has 4 nitrogen and oxygen atoms in total. The number of ether oxygens (including phenoxy) is 2. The summed E-state index contributed by atoms with van der Waals surface area (Å²) in [5.74, 6) is 1.37. The number of hydrogen-bond acceptors (Lipinski definition) is 4. The number of phenols is 1. The summed E-state index contributed by atoms with van der Waals surface area (Å²) in [6, 6.07) is 10.4. The van der Waals surface area contributed by atoms with Gasteiger partial charge in [-0.25, -0.2) is 0 Å². The third-order valence-electron chi connectivity index (χ3n) is 3.47. The van der Waals surface area contributed by atoms with Crippen LogP contribution in [0.4, 0.5) is 0 Å². The van der Waals surface area contributed by atoms with E-state index in [1.165, 1.54) is 6.07 Å². The Morgan fingerprint density at radius 3 is 2.52 bits per heavy atom. The first-order valence-corrected chi connectivity index (χ1v) is 6.51. The number of hydrogen-bond donors (Lipinski definition) is 1. The fourth-order valence-corrected chi connectivity index (χ4v) is 2.23. The lowest BCUT2D eigenvalue weighted by Crippen LogP contribution is -1.97. The number of carbonyl (C=O) groups excluding carboxylic acids is 1. The maximum Gasteiger partial charge on any atom is 0.231 e. The van der Waals surface area contributed by atoms with E-state index in [1.807, 2.05) is 24.3 Å². The maximum absolute atomic E-state index is 12.3. The molecule has 0 fully saturated rings. The smallest absolute Gasteiger partial charge is 0.231 e. The third kappa shape index (κ3) is 2.25. The van der Waals surface area contributed by atoms with Crippen LogP contribution in [0.2, 0.25) is 0 Å². The number of benzene rings is 2. The van der Waals surface area contributed by atoms with E-state index in [-0.39, 0.29) is 17.3 Å². The van der Waals surface area contributed by atoms with Gasteiger partial charge in [-0.05, 0) is 42.8 Å². The van der Waals surface area contributed by atoms with E-state index in [0.717, 1.165) is 11.3 Å². The number of phenolic OH excluding ortho intramolecular Hbond substituents is 1. The van der Waals surface area contributed by atoms with Gasteiger partial charge in [0.15, 0.2) is 5.76 Å². The molecular formula is C17H14O4. The highest BCUT2D eigenvalue weighted by Crippen LogP contribution is 2.38. The van der Waals surface area contributed by atoms with Crippen LogP contribution >= 0.6 is 0 Å². The van der Waals surface area contributed by atoms with E-state index in [1.54, 1.807) is 26.2 Å². The molecule has 4 heteroatoms. The summed E-state index contributed by atoms with van der Waals surface area (Å²) in [4.78, 5) is 12.3. The van der Waals surface area contributed by atoms with Crippen molar-refractivity contribution < 1.29 is 19.4 Å². The summed E-state index contributed by atoms with van der Waals surface area (Å²) in [5.41, 5.74) is 1.89. The number of carbonyl (C=O) groups is 1. The molecule has 21 heavy (non-hydrogen) atoms. The topological polar surface area (TPSA) is 55.8 Å². The zero-order chi connectivity index (χ0) is 15.0. The van der Waals surface area contributed by atoms with Crippen LogP contribution in [-0.4, -0.2) is 18.0 Å². The second-order valence-electron chi connectivity index (χ2n) is 4.80. The van der Waals surface area contributed by atoms with Gasteiger partial charge in [0.25, 0.3) is 0 Å². The number of allylic oxidation sites excluding steroid dienone is 1. The Labute approximate surface area is 122 Å². The zero-order valence-corrected chi connectivity index (χ0v) is 11.7. The van der Waals surface area contributed by atoms with Crippen LogP contribution in [0.5, 0.6) is 17.2 Å². The Bertz CT molecular complexity index is 742. The molecule has 0 saturated heterocycles. The monoisotopic (exact) mass is 282 g/mol. The molecular weight excluding hydrogens is 268 g/mol. The van der Waals surface area contributed by atoms with Gasteiger partial charge in [-0.1, -0.05) is 12.1 Å². The Kier molecular flexibility index (Phi) is 3.14. The van der Waals surface area contributed by atoms with E-state index >= 15 is 0 Å². The number of rotatable bonds is 2. The number of ketones is 1. The summed E-state index contributed by atoms with van der Waals surface area (Å²) in [6.45, 7) is 1.72. The molecule has 0 atom stereocenters. The van der Waals surface area contributed by atoms with Gasteiger partial charge in [0, 0.05) is 5.56 Å². The number of fused-ring (bicyclic) bond motifs is 1. The fraction of sp³-hybridized carbons (Fsp3) is 0.118. The first-order chi connectivity index (χ1) is 10.1. The minimum atomic E-state index is -0.177. The SMILES string of the molecule is COc1ccc(C=C2Oc3c(ccc(O)c3C)C2=O)cc1. The number of methoxy groups -OCH3 is 1. The Morgan fingerprint density at radius 1 is 1.14 bits per heavy atom. The highest BCUT2D eigenvalue weighted by Gasteiger charge is 2.29. The molecule has 3 rings (SSSR count). The molecule has 0 radical (unpaired) electrons. The Hall–Kier alpha value is -2.75. The molecule has 0 bridgehead atoms. The molecule has 1 heterocycles. The van der Waals surface area contributed by atoms with Gasteiger partial charge >= 0.3 is 0 Å². The lowest BCUT2D eigenvalue weighted by molar-refractivity contribution is 0.101. The quantitative estimate of drug-likeness (QED) is 0.858. The summed E-state index contributed by atoms with van der Waals surface area (Å²) >= 11 is 0. The lowest BCUT2D eigenvalue weighted by Gasteiger charge is -2.04. The molecule has 0 spiro atoms. The van der Waals surface area contributed by atoms with Crippen molar-refractivity contribution in [2.45, 2.75) is 6.92 Å². The van der Waals surface area contributed by atoms with E-state index in [9.17, 15) is 9.90 Å². The predicted molar refractivity (Wildman–Crippen MR) is 78.8 cm³/mol. The molecule has 0 unspecified atom stereocenters. The summed E-state index contributed by atoms with van der Waals surface area (Å²) in [6.07, 6.45) is 1.68. The standard InChI is InChI=1S/C17H14O4/c1-10-14(18)8-7-13-16(19)15(21-17(10)13)9-11-3-5-12(20-2)6-4-11/h3-9,18H,1-2H3. The van der Waals surface area contributed by atoms with Gasteiger partial charge < -0.3 is 14.6 Å². The van der Waals surface area contributed by atoms with Crippen molar-refractivity contribution in [1.29, 1.82) is 0 Å². The largest absolute Gasteiger partial charge is 0.508 e. The molecule has 0 aromatic heterocycles. The molecule has 2 aromatic carbocycles. The highest BCUT2D eigenvalue weighted by molar-refractivity contribution is 6.14. The molecule has 0 aliphatic carbocycles. The summed E-state index contributed by atoms with van der Waals surface area (Å²) < 4.78 is 10.7. The fourth-order valence-electron chi connectivity index (χ4n) is 2.23. The van der Waals surface area contributed by atoms with Gasteiger partial charge in [-0.2, -0.15) is 0 Å². The van der Waals surface area contributed by atoms with Crippen molar-refractivity contribution in [3.63, 3.8) is 0 Å². The van der Waals surface area contributed by atoms with Gasteiger partial charge in [0.05, 0.1) is 12.7 Å². The minimum Gasteiger partial charge on any atom is -0.508 e. The normalized spacial score (nSPS) is 15.0. The zero-order valence-electron chi connectivity index (χ0n) is 11.7. The van der Waals surface area contributed by atoms with Crippen molar-refractivity contribution in [3.8, 4) is 17.2 Å². The second kappa shape index (κ2) is 4.98. The van der Waals surface area contributed by atoms with Gasteiger partial charge in [0.2, 0.25) is 5.78 Å². The Balaban J connectivity index is 1.96. The van der Waals surface area contributed by atoms with Crippen molar-refractivity contribution in [1.82, 2.24) is 0 Å². The molecule has 106 valence electrons. The predicted octanol–water partition coefficient (Wildman–Crippen LogP) is 3.33. The van der Waals surface area contributed by atoms with Crippen LogP contribution in [-0.2, 0) is 0 Å². The summed E-state index contributed by atoms with van der Waals surface area (Å²) in [7, 11) is 1.60. The summed E-state index contributed by atoms with van der Waals surface area (Å²) in [5, 5.41) is 9.68. The molecule has 2 aromatic rings. The van der Waals surface area contributed by atoms with Crippen LogP contribution in [0.3, 0.4) is 0 Å². The van der Waals surface area contributed by atoms with Crippen LogP contribution in [0.25, 0.3) is 6.08 Å². The second-order valence-corrected chi connectivity index (χ2v) is 4.80. The van der Waals surface area contributed by atoms with Crippen molar-refractivity contribution in [3.05, 3.63) is 58.8 Å². The lowest BCUT2D eigenvalue weighted by atomic mass is 10.1. The van der Waals surface area contributed by atoms with Crippen LogP contribution < -0.4 is 9.47 Å². The highest BCUT2D eigenvalue weighted by atomic mass is 16.5. The molecule has 0 amide bonds. The van der Waals surface area contributed by atoms with E-state index < -0.39 is 0 Å². The molecule has 1 aliphatic rings. The first kappa shape index (κ1) is 13.2. The molecule has 0 saturated carbocycles.